The molecule has 0 aliphatic rings. The standard InChI is InChI=1S/C11H5BrN4O2S/c1-14-8-3-5(2-7(12)9(8)17)15-11-6(4-13)10(18)16-19-11/h2-3,15,17H,(H,16,18). The fraction of sp³-hybridized carbons (Fsp3) is 0. The van der Waals surface area contributed by atoms with Crippen molar-refractivity contribution in [1.82, 2.24) is 4.37 Å². The van der Waals surface area contributed by atoms with Crippen LogP contribution in [0.1, 0.15) is 5.56 Å². The molecule has 6 nitrogen and oxygen atoms in total. The van der Waals surface area contributed by atoms with Crippen LogP contribution in [0.5, 0.6) is 5.75 Å². The molecule has 0 saturated carbocycles. The molecule has 1 aromatic heterocycles. The van der Waals surface area contributed by atoms with Gasteiger partial charge in [0.05, 0.1) is 11.0 Å². The van der Waals surface area contributed by atoms with E-state index in [2.05, 4.69) is 30.5 Å². The first-order valence-corrected chi connectivity index (χ1v) is 6.46. The monoisotopic (exact) mass is 336 g/mol. The van der Waals surface area contributed by atoms with E-state index in [4.69, 9.17) is 11.8 Å². The number of nitrogens with one attached hydrogen (secondary N) is 2. The Kier molecular flexibility index (Phi) is 3.56. The molecule has 0 bridgehead atoms. The molecular weight excluding hydrogens is 332 g/mol. The molecule has 19 heavy (non-hydrogen) atoms. The fourth-order valence-electron chi connectivity index (χ4n) is 1.37. The Labute approximate surface area is 120 Å². The average molecular weight is 337 g/mol. The molecule has 1 heterocycles. The van der Waals surface area contributed by atoms with Gasteiger partial charge >= 0.3 is 0 Å². The summed E-state index contributed by atoms with van der Waals surface area (Å²) in [6.07, 6.45) is 0. The van der Waals surface area contributed by atoms with E-state index in [0.29, 0.717) is 15.2 Å². The number of H-pyrrole nitrogens is 1. The van der Waals surface area contributed by atoms with Crippen LogP contribution in [0.3, 0.4) is 0 Å². The van der Waals surface area contributed by atoms with Crippen molar-refractivity contribution in [3.63, 3.8) is 0 Å². The van der Waals surface area contributed by atoms with Crippen molar-refractivity contribution in [2.75, 3.05) is 5.32 Å². The van der Waals surface area contributed by atoms with Gasteiger partial charge in [0.25, 0.3) is 5.56 Å². The van der Waals surface area contributed by atoms with Crippen molar-refractivity contribution < 1.29 is 5.11 Å². The number of phenols is 1. The van der Waals surface area contributed by atoms with Gasteiger partial charge in [0.2, 0.25) is 5.69 Å². The van der Waals surface area contributed by atoms with Crippen molar-refractivity contribution >= 4 is 43.8 Å². The summed E-state index contributed by atoms with van der Waals surface area (Å²) in [7, 11) is 0. The van der Waals surface area contributed by atoms with Crippen LogP contribution in [0.2, 0.25) is 0 Å². The van der Waals surface area contributed by atoms with Crippen LogP contribution in [0.25, 0.3) is 4.85 Å². The smallest absolute Gasteiger partial charge is 0.278 e. The van der Waals surface area contributed by atoms with E-state index in [9.17, 15) is 9.90 Å². The van der Waals surface area contributed by atoms with Crippen LogP contribution < -0.4 is 10.9 Å². The first kappa shape index (κ1) is 13.1. The van der Waals surface area contributed by atoms with Crippen LogP contribution >= 0.6 is 27.5 Å². The number of benzene rings is 1. The van der Waals surface area contributed by atoms with E-state index in [1.807, 2.05) is 0 Å². The zero-order chi connectivity index (χ0) is 14.0. The summed E-state index contributed by atoms with van der Waals surface area (Å²) in [6.45, 7) is 6.95. The number of nitrogens with zero attached hydrogens (tertiary/aromatic N) is 2. The highest BCUT2D eigenvalue weighted by atomic mass is 79.9. The van der Waals surface area contributed by atoms with E-state index in [1.165, 1.54) is 6.07 Å². The Bertz CT molecular complexity index is 781. The van der Waals surface area contributed by atoms with Crippen LogP contribution in [0.15, 0.2) is 21.4 Å². The molecule has 8 heteroatoms. The highest BCUT2D eigenvalue weighted by Gasteiger charge is 2.12. The zero-order valence-corrected chi connectivity index (χ0v) is 11.6. The predicted molar refractivity (Wildman–Crippen MR) is 75.0 cm³/mol. The summed E-state index contributed by atoms with van der Waals surface area (Å²) in [5, 5.41) is 21.7. The average Bonchev–Trinajstić information content (AvgIpc) is 2.74. The van der Waals surface area contributed by atoms with E-state index < -0.39 is 5.56 Å². The second kappa shape index (κ2) is 5.14. The molecular formula is C11H5BrN4O2S. The number of phenolic OH excluding ortho intramolecular Hbond substituents is 1. The molecule has 1 aromatic carbocycles. The topological polar surface area (TPSA) is 93.3 Å². The Hall–Kier alpha value is -2.29. The van der Waals surface area contributed by atoms with Gasteiger partial charge in [-0.25, -0.2) is 4.85 Å². The molecule has 0 amide bonds. The minimum absolute atomic E-state index is 0.0152. The predicted octanol–water partition coefficient (Wildman–Crippen LogP) is 3.07. The second-order valence-electron chi connectivity index (χ2n) is 3.41. The maximum Gasteiger partial charge on any atom is 0.278 e. The number of aromatic nitrogens is 1. The number of rotatable bonds is 2. The molecule has 0 aliphatic heterocycles. The molecule has 3 N–H and O–H groups in total. The van der Waals surface area contributed by atoms with Gasteiger partial charge in [-0.15, -0.1) is 0 Å². The molecule has 0 radical (unpaired) electrons. The second-order valence-corrected chi connectivity index (χ2v) is 5.08. The number of halogens is 1. The Morgan fingerprint density at radius 3 is 2.95 bits per heavy atom. The maximum atomic E-state index is 11.3. The van der Waals surface area contributed by atoms with Crippen molar-refractivity contribution in [1.29, 1.82) is 5.26 Å². The summed E-state index contributed by atoms with van der Waals surface area (Å²) < 4.78 is 2.79. The molecule has 2 aromatic rings. The molecule has 94 valence electrons. The first-order chi connectivity index (χ1) is 9.06. The molecule has 0 atom stereocenters. The Morgan fingerprint density at radius 1 is 1.58 bits per heavy atom. The first-order valence-electron chi connectivity index (χ1n) is 4.85. The van der Waals surface area contributed by atoms with E-state index >= 15 is 0 Å². The molecule has 0 saturated heterocycles. The normalized spacial score (nSPS) is 9.63. The van der Waals surface area contributed by atoms with Gasteiger partial charge < -0.3 is 10.4 Å². The number of anilines is 2. The summed E-state index contributed by atoms with van der Waals surface area (Å²) >= 11 is 4.12. The Morgan fingerprint density at radius 2 is 2.32 bits per heavy atom. The maximum absolute atomic E-state index is 11.3. The number of hydrogen-bond acceptors (Lipinski definition) is 5. The highest BCUT2D eigenvalue weighted by molar-refractivity contribution is 9.10. The van der Waals surface area contributed by atoms with Gasteiger partial charge in [0.1, 0.15) is 16.8 Å². The van der Waals surface area contributed by atoms with Crippen molar-refractivity contribution in [2.45, 2.75) is 0 Å². The quantitative estimate of drug-likeness (QED) is 0.580. The lowest BCUT2D eigenvalue weighted by Crippen LogP contribution is -2.02. The molecule has 0 fully saturated rings. The zero-order valence-electron chi connectivity index (χ0n) is 9.19. The van der Waals surface area contributed by atoms with E-state index in [0.717, 1.165) is 11.5 Å². The van der Waals surface area contributed by atoms with Gasteiger partial charge in [0, 0.05) is 5.69 Å². The van der Waals surface area contributed by atoms with Crippen molar-refractivity contribution in [3.8, 4) is 11.8 Å². The van der Waals surface area contributed by atoms with Gasteiger partial charge in [-0.3, -0.25) is 9.17 Å². The third-order valence-electron chi connectivity index (χ3n) is 2.23. The van der Waals surface area contributed by atoms with Gasteiger partial charge in [-0.1, -0.05) is 0 Å². The summed E-state index contributed by atoms with van der Waals surface area (Å²) in [4.78, 5) is 14.5. The third-order valence-corrected chi connectivity index (χ3v) is 3.64. The molecule has 2 rings (SSSR count). The number of aromatic amines is 1. The van der Waals surface area contributed by atoms with Crippen LogP contribution in [0, 0.1) is 17.9 Å². The van der Waals surface area contributed by atoms with Gasteiger partial charge in [0.15, 0.2) is 5.56 Å². The number of aromatic hydroxyl groups is 1. The van der Waals surface area contributed by atoms with Gasteiger partial charge in [-0.2, -0.15) is 5.26 Å². The SMILES string of the molecule is [C-]#[N+]c1cc(Nc2s[nH]c(=O)c2C#N)cc(Br)c1O. The minimum Gasteiger partial charge on any atom is -0.518 e. The number of hydrogen-bond donors (Lipinski definition) is 3. The van der Waals surface area contributed by atoms with Crippen LogP contribution in [0.4, 0.5) is 16.4 Å². The lowest BCUT2D eigenvalue weighted by Gasteiger charge is -2.07. The van der Waals surface area contributed by atoms with Crippen LogP contribution in [-0.4, -0.2) is 9.48 Å². The van der Waals surface area contributed by atoms with Crippen LogP contribution in [-0.2, 0) is 0 Å². The highest BCUT2D eigenvalue weighted by Crippen LogP contribution is 2.38. The third kappa shape index (κ3) is 2.45. The number of nitriles is 1. The summed E-state index contributed by atoms with van der Waals surface area (Å²) in [5.41, 5.74) is 0.0810. The molecule has 0 unspecified atom stereocenters. The van der Waals surface area contributed by atoms with Crippen molar-refractivity contribution in [3.05, 3.63) is 43.9 Å². The van der Waals surface area contributed by atoms with E-state index in [-0.39, 0.29) is 17.0 Å². The molecule has 0 aliphatic carbocycles. The van der Waals surface area contributed by atoms with Crippen molar-refractivity contribution in [2.24, 2.45) is 0 Å². The minimum atomic E-state index is -0.460. The molecule has 0 spiro atoms. The summed E-state index contributed by atoms with van der Waals surface area (Å²) in [5.74, 6) is -0.150. The van der Waals surface area contributed by atoms with Gasteiger partial charge in [-0.05, 0) is 39.6 Å². The lowest BCUT2D eigenvalue weighted by molar-refractivity contribution is 0.475. The Balaban J connectivity index is 2.45. The summed E-state index contributed by atoms with van der Waals surface area (Å²) in [6, 6.07) is 4.78. The lowest BCUT2D eigenvalue weighted by atomic mass is 10.2. The van der Waals surface area contributed by atoms with E-state index in [1.54, 1.807) is 12.1 Å². The largest absolute Gasteiger partial charge is 0.518 e. The fourth-order valence-corrected chi connectivity index (χ4v) is 2.52.